The van der Waals surface area contributed by atoms with E-state index in [0.717, 1.165) is 6.42 Å². The van der Waals surface area contributed by atoms with E-state index in [9.17, 15) is 13.2 Å². The molecule has 1 aliphatic heterocycles. The normalized spacial score (nSPS) is 14.0. The van der Waals surface area contributed by atoms with Crippen LogP contribution in [0.5, 0.6) is 11.5 Å². The van der Waals surface area contributed by atoms with E-state index in [4.69, 9.17) is 15.2 Å². The third-order valence-electron chi connectivity index (χ3n) is 3.38. The first-order valence-electron chi connectivity index (χ1n) is 7.89. The molecule has 8 nitrogen and oxygen atoms in total. The Morgan fingerprint density at radius 2 is 1.92 bits per heavy atom. The molecule has 2 rings (SSSR count). The Morgan fingerprint density at radius 1 is 1.17 bits per heavy atom. The van der Waals surface area contributed by atoms with Crippen molar-refractivity contribution >= 4 is 15.9 Å². The van der Waals surface area contributed by atoms with Gasteiger partial charge in [0.05, 0.1) is 18.1 Å². The molecule has 0 aromatic heterocycles. The minimum atomic E-state index is -3.71. The van der Waals surface area contributed by atoms with Gasteiger partial charge in [-0.1, -0.05) is 0 Å². The predicted octanol–water partition coefficient (Wildman–Crippen LogP) is -0.0187. The average molecular weight is 357 g/mol. The predicted molar refractivity (Wildman–Crippen MR) is 88.5 cm³/mol. The molecule has 1 heterocycles. The number of ether oxygens (including phenoxy) is 2. The number of benzene rings is 1. The number of hydrogen-bond acceptors (Lipinski definition) is 6. The van der Waals surface area contributed by atoms with Crippen LogP contribution < -0.4 is 25.2 Å². The number of carbonyl (C=O) groups is 1. The molecule has 0 radical (unpaired) electrons. The molecule has 9 heteroatoms. The summed E-state index contributed by atoms with van der Waals surface area (Å²) >= 11 is 0. The summed E-state index contributed by atoms with van der Waals surface area (Å²) in [5, 5.41) is 2.67. The quantitative estimate of drug-likeness (QED) is 0.563. The van der Waals surface area contributed by atoms with E-state index in [1.807, 2.05) is 0 Å². The zero-order chi connectivity index (χ0) is 17.4. The van der Waals surface area contributed by atoms with Crippen molar-refractivity contribution in [3.05, 3.63) is 18.2 Å². The lowest BCUT2D eigenvalue weighted by atomic mass is 10.3. The van der Waals surface area contributed by atoms with E-state index in [1.54, 1.807) is 6.07 Å². The lowest BCUT2D eigenvalue weighted by Crippen LogP contribution is -2.31. The summed E-state index contributed by atoms with van der Waals surface area (Å²) in [6.45, 7) is 2.02. The number of nitrogens with one attached hydrogen (secondary N) is 2. The number of amides is 1. The Bertz CT molecular complexity index is 663. The smallest absolute Gasteiger partial charge is 0.240 e. The van der Waals surface area contributed by atoms with Crippen LogP contribution in [0.15, 0.2) is 23.1 Å². The van der Waals surface area contributed by atoms with Gasteiger partial charge in [0.15, 0.2) is 11.5 Å². The van der Waals surface area contributed by atoms with E-state index in [0.29, 0.717) is 44.2 Å². The van der Waals surface area contributed by atoms with Gasteiger partial charge in [-0.2, -0.15) is 0 Å². The Hall–Kier alpha value is -1.84. The first kappa shape index (κ1) is 18.5. The monoisotopic (exact) mass is 357 g/mol. The lowest BCUT2D eigenvalue weighted by Gasteiger charge is -2.11. The number of rotatable bonds is 8. The molecular formula is C15H23N3O5S. The molecule has 24 heavy (non-hydrogen) atoms. The van der Waals surface area contributed by atoms with Crippen molar-refractivity contribution in [2.45, 2.75) is 24.2 Å². The highest BCUT2D eigenvalue weighted by atomic mass is 32.2. The van der Waals surface area contributed by atoms with Crippen LogP contribution in [0.3, 0.4) is 0 Å². The summed E-state index contributed by atoms with van der Waals surface area (Å²) in [4.78, 5) is 11.6. The summed E-state index contributed by atoms with van der Waals surface area (Å²) in [6.07, 6.45) is 1.50. The van der Waals surface area contributed by atoms with Crippen LogP contribution in [-0.2, 0) is 14.8 Å². The van der Waals surface area contributed by atoms with Gasteiger partial charge >= 0.3 is 0 Å². The van der Waals surface area contributed by atoms with Gasteiger partial charge in [-0.3, -0.25) is 4.79 Å². The summed E-state index contributed by atoms with van der Waals surface area (Å²) in [5.41, 5.74) is 5.33. The SMILES string of the molecule is NCCCNC(=O)CCNS(=O)(=O)c1ccc2c(c1)OCCCO2. The average Bonchev–Trinajstić information content (AvgIpc) is 2.79. The maximum Gasteiger partial charge on any atom is 0.240 e. The topological polar surface area (TPSA) is 120 Å². The van der Waals surface area contributed by atoms with Crippen molar-refractivity contribution in [1.29, 1.82) is 0 Å². The first-order chi connectivity index (χ1) is 11.5. The van der Waals surface area contributed by atoms with Gasteiger partial charge in [0.2, 0.25) is 15.9 Å². The number of hydrogen-bond donors (Lipinski definition) is 3. The van der Waals surface area contributed by atoms with Crippen LogP contribution in [0.4, 0.5) is 0 Å². The Morgan fingerprint density at radius 3 is 2.67 bits per heavy atom. The largest absolute Gasteiger partial charge is 0.490 e. The first-order valence-corrected chi connectivity index (χ1v) is 9.37. The van der Waals surface area contributed by atoms with Crippen molar-refractivity contribution in [1.82, 2.24) is 10.0 Å². The summed E-state index contributed by atoms with van der Waals surface area (Å²) in [5.74, 6) is 0.727. The van der Waals surface area contributed by atoms with E-state index in [1.165, 1.54) is 12.1 Å². The van der Waals surface area contributed by atoms with Gasteiger partial charge in [0.25, 0.3) is 0 Å². The zero-order valence-electron chi connectivity index (χ0n) is 13.4. The Labute approximate surface area is 141 Å². The molecule has 0 aliphatic carbocycles. The molecule has 0 spiro atoms. The second kappa shape index (κ2) is 8.86. The molecule has 1 aliphatic rings. The van der Waals surface area contributed by atoms with Crippen LogP contribution in [-0.4, -0.2) is 47.2 Å². The van der Waals surface area contributed by atoms with Gasteiger partial charge in [-0.05, 0) is 25.1 Å². The molecule has 0 saturated heterocycles. The van der Waals surface area contributed by atoms with Crippen LogP contribution >= 0.6 is 0 Å². The fraction of sp³-hybridized carbons (Fsp3) is 0.533. The second-order valence-electron chi connectivity index (χ2n) is 5.30. The lowest BCUT2D eigenvalue weighted by molar-refractivity contribution is -0.120. The third-order valence-corrected chi connectivity index (χ3v) is 4.84. The molecule has 0 saturated carbocycles. The molecule has 4 N–H and O–H groups in total. The molecule has 1 amide bonds. The van der Waals surface area contributed by atoms with Crippen molar-refractivity contribution in [2.75, 3.05) is 32.8 Å². The van der Waals surface area contributed by atoms with Crippen LogP contribution in [0.25, 0.3) is 0 Å². The maximum atomic E-state index is 12.3. The molecular weight excluding hydrogens is 334 g/mol. The van der Waals surface area contributed by atoms with Gasteiger partial charge in [0, 0.05) is 32.0 Å². The van der Waals surface area contributed by atoms with E-state index in [-0.39, 0.29) is 23.8 Å². The van der Waals surface area contributed by atoms with Crippen LogP contribution in [0, 0.1) is 0 Å². The Balaban J connectivity index is 1.91. The van der Waals surface area contributed by atoms with Crippen LogP contribution in [0.1, 0.15) is 19.3 Å². The highest BCUT2D eigenvalue weighted by Crippen LogP contribution is 2.31. The summed E-state index contributed by atoms with van der Waals surface area (Å²) in [7, 11) is -3.71. The van der Waals surface area contributed by atoms with Gasteiger partial charge in [0.1, 0.15) is 0 Å². The number of sulfonamides is 1. The molecule has 1 aromatic carbocycles. The van der Waals surface area contributed by atoms with E-state index in [2.05, 4.69) is 10.0 Å². The van der Waals surface area contributed by atoms with Crippen molar-refractivity contribution in [3.8, 4) is 11.5 Å². The molecule has 0 atom stereocenters. The van der Waals surface area contributed by atoms with Crippen molar-refractivity contribution in [3.63, 3.8) is 0 Å². The van der Waals surface area contributed by atoms with Gasteiger partial charge in [-0.15, -0.1) is 0 Å². The zero-order valence-corrected chi connectivity index (χ0v) is 14.2. The number of fused-ring (bicyclic) bond motifs is 1. The minimum Gasteiger partial charge on any atom is -0.490 e. The molecule has 0 fully saturated rings. The standard InChI is InChI=1S/C15H23N3O5S/c16-6-1-7-17-15(19)5-8-18-24(20,21)12-3-4-13-14(11-12)23-10-2-9-22-13/h3-4,11,18H,1-2,5-10,16H2,(H,17,19). The van der Waals surface area contributed by atoms with Crippen molar-refractivity contribution in [2.24, 2.45) is 5.73 Å². The van der Waals surface area contributed by atoms with E-state index < -0.39 is 10.0 Å². The second-order valence-corrected chi connectivity index (χ2v) is 7.07. The van der Waals surface area contributed by atoms with Gasteiger partial charge in [-0.25, -0.2) is 13.1 Å². The fourth-order valence-corrected chi connectivity index (χ4v) is 3.16. The highest BCUT2D eigenvalue weighted by molar-refractivity contribution is 7.89. The third kappa shape index (κ3) is 5.36. The highest BCUT2D eigenvalue weighted by Gasteiger charge is 2.18. The number of carbonyl (C=O) groups excluding carboxylic acids is 1. The maximum absolute atomic E-state index is 12.3. The molecule has 1 aromatic rings. The molecule has 134 valence electrons. The number of nitrogens with two attached hydrogens (primary N) is 1. The Kier molecular flexibility index (Phi) is 6.83. The van der Waals surface area contributed by atoms with Crippen LogP contribution in [0.2, 0.25) is 0 Å². The summed E-state index contributed by atoms with van der Waals surface area (Å²) < 4.78 is 38.0. The fourth-order valence-electron chi connectivity index (χ4n) is 2.11. The molecule has 0 bridgehead atoms. The molecule has 0 unspecified atom stereocenters. The van der Waals surface area contributed by atoms with E-state index >= 15 is 0 Å². The van der Waals surface area contributed by atoms with Crippen molar-refractivity contribution < 1.29 is 22.7 Å². The summed E-state index contributed by atoms with van der Waals surface area (Å²) in [6, 6.07) is 4.47. The minimum absolute atomic E-state index is 0.0191. The van der Waals surface area contributed by atoms with Gasteiger partial charge < -0.3 is 20.5 Å².